The van der Waals surface area contributed by atoms with Gasteiger partial charge in [0.15, 0.2) is 0 Å². The van der Waals surface area contributed by atoms with Crippen LogP contribution in [0, 0.1) is 6.92 Å². The molecule has 0 bridgehead atoms. The number of nitrogens with zero attached hydrogens (tertiary/aromatic N) is 2. The third kappa shape index (κ3) is 5.40. The van der Waals surface area contributed by atoms with Crippen LogP contribution < -0.4 is 26.2 Å². The van der Waals surface area contributed by atoms with E-state index in [-0.39, 0.29) is 17.5 Å². The molecular formula is C57H47BN2O2. The smallest absolute Gasteiger partial charge is 0.252 e. The Labute approximate surface area is 363 Å². The minimum Gasteiger partial charge on any atom is -0.456 e. The molecule has 2 aliphatic heterocycles. The van der Waals surface area contributed by atoms with Gasteiger partial charge < -0.3 is 18.6 Å². The number of hydrogen-bond donors (Lipinski definition) is 0. The van der Waals surface area contributed by atoms with Crippen molar-refractivity contribution >= 4 is 101 Å². The quantitative estimate of drug-likeness (QED) is 0.167. The first kappa shape index (κ1) is 36.8. The van der Waals surface area contributed by atoms with Crippen molar-refractivity contribution in [1.29, 1.82) is 0 Å². The molecule has 2 aromatic heterocycles. The van der Waals surface area contributed by atoms with Gasteiger partial charge in [-0.2, -0.15) is 0 Å². The van der Waals surface area contributed by atoms with E-state index in [1.165, 1.54) is 55.8 Å². The lowest BCUT2D eigenvalue weighted by molar-refractivity contribution is 0.590. The lowest BCUT2D eigenvalue weighted by Gasteiger charge is -2.45. The number of furan rings is 2. The summed E-state index contributed by atoms with van der Waals surface area (Å²) < 4.78 is 13.0. The standard InChI is InChI=1S/C57H47BN2O2/c1-34-30-48-54-49(31-34)60(46-18-13-21-52-53(46)42-15-9-11-20-51(42)61-52)47-33-37(57(5,6)7)24-28-43(47)58(54)44-32-36(56(2,3)4)25-29-45(44)59(48)38-26-22-35(23-27-38)39-16-12-17-41-40-14-8-10-19-50(40)62-55(39)41/h8-33H,1-7H3. The molecule has 0 saturated heterocycles. The van der Waals surface area contributed by atoms with Gasteiger partial charge in [-0.3, -0.25) is 0 Å². The van der Waals surface area contributed by atoms with E-state index in [0.29, 0.717) is 0 Å². The first-order chi connectivity index (χ1) is 29.9. The van der Waals surface area contributed by atoms with Crippen LogP contribution in [0.5, 0.6) is 0 Å². The van der Waals surface area contributed by atoms with Crippen LogP contribution in [0.15, 0.2) is 167 Å². The SMILES string of the molecule is Cc1cc2c3c(c1)N(c1cccc4oc5ccccc5c14)c1cc(C(C)(C)C)ccc1B3c1cc(C(C)(C)C)ccc1N2c1ccc(-c2cccc3c2oc2ccccc23)cc1. The molecule has 0 radical (unpaired) electrons. The fraction of sp³-hybridized carbons (Fsp3) is 0.158. The van der Waals surface area contributed by atoms with Crippen molar-refractivity contribution in [2.75, 3.05) is 9.80 Å². The Bertz CT molecular complexity index is 3470. The normalized spacial score (nSPS) is 13.6. The summed E-state index contributed by atoms with van der Waals surface area (Å²) >= 11 is 0. The number of fused-ring (bicyclic) bond motifs is 10. The average Bonchev–Trinajstić information content (AvgIpc) is 3.84. The highest BCUT2D eigenvalue weighted by Gasteiger charge is 2.44. The molecule has 8 aromatic carbocycles. The van der Waals surface area contributed by atoms with Crippen molar-refractivity contribution in [3.63, 3.8) is 0 Å². The third-order valence-electron chi connectivity index (χ3n) is 13.4. The molecule has 0 fully saturated rings. The Morgan fingerprint density at radius 3 is 1.84 bits per heavy atom. The van der Waals surface area contributed by atoms with Crippen molar-refractivity contribution in [1.82, 2.24) is 0 Å². The zero-order valence-electron chi connectivity index (χ0n) is 36.3. The summed E-state index contributed by atoms with van der Waals surface area (Å²) in [5.74, 6) is 0. The summed E-state index contributed by atoms with van der Waals surface area (Å²) in [5, 5.41) is 4.53. The van der Waals surface area contributed by atoms with E-state index in [1.54, 1.807) is 0 Å². The third-order valence-corrected chi connectivity index (χ3v) is 13.4. The van der Waals surface area contributed by atoms with Gasteiger partial charge in [-0.25, -0.2) is 0 Å². The first-order valence-electron chi connectivity index (χ1n) is 21.9. The van der Waals surface area contributed by atoms with Gasteiger partial charge in [-0.05, 0) is 117 Å². The molecule has 10 aromatic rings. The molecule has 0 spiro atoms. The molecule has 0 saturated carbocycles. The highest BCUT2D eigenvalue weighted by Crippen LogP contribution is 2.49. The Morgan fingerprint density at radius 2 is 1.08 bits per heavy atom. The molecule has 4 nitrogen and oxygen atoms in total. The number of rotatable bonds is 3. The number of para-hydroxylation sites is 3. The fourth-order valence-electron chi connectivity index (χ4n) is 10.3. The predicted octanol–water partition coefficient (Wildman–Crippen LogP) is 14.1. The monoisotopic (exact) mass is 802 g/mol. The summed E-state index contributed by atoms with van der Waals surface area (Å²) in [6.45, 7) is 16.2. The summed E-state index contributed by atoms with van der Waals surface area (Å²) in [7, 11) is 0. The van der Waals surface area contributed by atoms with Gasteiger partial charge in [0.25, 0.3) is 6.71 Å². The summed E-state index contributed by atoms with van der Waals surface area (Å²) in [5.41, 5.74) is 20.6. The van der Waals surface area contributed by atoms with Gasteiger partial charge in [0.1, 0.15) is 22.3 Å². The van der Waals surface area contributed by atoms with Crippen LogP contribution in [0.2, 0.25) is 0 Å². The van der Waals surface area contributed by atoms with E-state index in [2.05, 4.69) is 210 Å². The van der Waals surface area contributed by atoms with Crippen molar-refractivity contribution in [3.8, 4) is 11.1 Å². The average molecular weight is 803 g/mol. The molecule has 0 N–H and O–H groups in total. The summed E-state index contributed by atoms with van der Waals surface area (Å²) in [6.07, 6.45) is 0. The van der Waals surface area contributed by atoms with E-state index in [9.17, 15) is 0 Å². The minimum absolute atomic E-state index is 0.0136. The summed E-state index contributed by atoms with van der Waals surface area (Å²) in [4.78, 5) is 5.06. The molecule has 300 valence electrons. The molecular weight excluding hydrogens is 755 g/mol. The van der Waals surface area contributed by atoms with Crippen LogP contribution in [0.1, 0.15) is 58.2 Å². The Kier molecular flexibility index (Phi) is 7.73. The van der Waals surface area contributed by atoms with Crippen molar-refractivity contribution < 1.29 is 8.83 Å². The van der Waals surface area contributed by atoms with E-state index in [1.807, 2.05) is 6.07 Å². The maximum atomic E-state index is 6.54. The molecule has 62 heavy (non-hydrogen) atoms. The minimum atomic E-state index is -0.0458. The zero-order valence-corrected chi connectivity index (χ0v) is 36.3. The highest BCUT2D eigenvalue weighted by molar-refractivity contribution is 7.00. The highest BCUT2D eigenvalue weighted by atomic mass is 16.3. The molecule has 0 amide bonds. The Hall–Kier alpha value is -6.98. The topological polar surface area (TPSA) is 32.8 Å². The van der Waals surface area contributed by atoms with Gasteiger partial charge in [0.05, 0.1) is 11.1 Å². The molecule has 0 atom stereocenters. The first-order valence-corrected chi connectivity index (χ1v) is 21.9. The van der Waals surface area contributed by atoms with Crippen LogP contribution in [0.4, 0.5) is 34.1 Å². The van der Waals surface area contributed by atoms with Crippen molar-refractivity contribution in [2.24, 2.45) is 0 Å². The fourth-order valence-corrected chi connectivity index (χ4v) is 10.3. The van der Waals surface area contributed by atoms with Crippen molar-refractivity contribution in [2.45, 2.75) is 59.3 Å². The molecule has 0 aliphatic carbocycles. The number of aryl methyl sites for hydroxylation is 1. The van der Waals surface area contributed by atoms with Crippen LogP contribution in [0.25, 0.3) is 55.0 Å². The van der Waals surface area contributed by atoms with Crippen molar-refractivity contribution in [3.05, 3.63) is 174 Å². The van der Waals surface area contributed by atoms with Crippen LogP contribution in [-0.2, 0) is 10.8 Å². The van der Waals surface area contributed by atoms with Gasteiger partial charge in [-0.15, -0.1) is 0 Å². The van der Waals surface area contributed by atoms with Gasteiger partial charge in [-0.1, -0.05) is 139 Å². The lowest BCUT2D eigenvalue weighted by atomic mass is 9.33. The second-order valence-corrected chi connectivity index (χ2v) is 19.4. The van der Waals surface area contributed by atoms with E-state index in [0.717, 1.165) is 66.4 Å². The maximum absolute atomic E-state index is 6.54. The second kappa shape index (κ2) is 13.0. The van der Waals surface area contributed by atoms with Gasteiger partial charge in [0, 0.05) is 50.2 Å². The predicted molar refractivity (Wildman–Crippen MR) is 263 cm³/mol. The van der Waals surface area contributed by atoms with Crippen LogP contribution in [-0.4, -0.2) is 6.71 Å². The zero-order chi connectivity index (χ0) is 42.2. The number of benzene rings is 8. The number of hydrogen-bond acceptors (Lipinski definition) is 4. The largest absolute Gasteiger partial charge is 0.456 e. The number of anilines is 6. The van der Waals surface area contributed by atoms with Gasteiger partial charge >= 0.3 is 0 Å². The van der Waals surface area contributed by atoms with Crippen LogP contribution in [0.3, 0.4) is 0 Å². The van der Waals surface area contributed by atoms with E-state index >= 15 is 0 Å². The second-order valence-electron chi connectivity index (χ2n) is 19.4. The van der Waals surface area contributed by atoms with Gasteiger partial charge in [0.2, 0.25) is 0 Å². The Balaban J connectivity index is 1.12. The summed E-state index contributed by atoms with van der Waals surface area (Å²) in [6, 6.07) is 58.1. The molecule has 0 unspecified atom stereocenters. The van der Waals surface area contributed by atoms with Crippen LogP contribution >= 0.6 is 0 Å². The molecule has 12 rings (SSSR count). The maximum Gasteiger partial charge on any atom is 0.252 e. The molecule has 5 heteroatoms. The van der Waals surface area contributed by atoms with E-state index in [4.69, 9.17) is 8.83 Å². The lowest BCUT2D eigenvalue weighted by Crippen LogP contribution is -2.61. The molecule has 4 heterocycles. The molecule has 2 aliphatic rings. The van der Waals surface area contributed by atoms with E-state index < -0.39 is 0 Å². The Morgan fingerprint density at radius 1 is 0.452 bits per heavy atom.